The lowest BCUT2D eigenvalue weighted by molar-refractivity contribution is 0.0716. The van der Waals surface area contributed by atoms with Crippen molar-refractivity contribution < 1.29 is 27.1 Å². The topological polar surface area (TPSA) is 124 Å². The standard InChI is InChI=1S/C21H22N4O6S/c1-3-25(4-2)32(27,28)15-11-9-14(10-12-15)19(26)22-21-24-23-20(31-21)18-13-29-16-7-5-6-8-17(16)30-18/h5-12,18H,3-4,13H2,1-2H3,(H,22,24,26)/t18-/m1/s1. The van der Waals surface area contributed by atoms with E-state index in [2.05, 4.69) is 15.5 Å². The van der Waals surface area contributed by atoms with Crippen molar-refractivity contribution in [3.8, 4) is 11.5 Å². The van der Waals surface area contributed by atoms with Crippen molar-refractivity contribution in [2.75, 3.05) is 25.0 Å². The van der Waals surface area contributed by atoms with Crippen LogP contribution < -0.4 is 14.8 Å². The van der Waals surface area contributed by atoms with Gasteiger partial charge in [0, 0.05) is 18.7 Å². The molecular formula is C21H22N4O6S. The van der Waals surface area contributed by atoms with E-state index < -0.39 is 22.0 Å². The summed E-state index contributed by atoms with van der Waals surface area (Å²) in [5.74, 6) is 0.837. The number of aromatic nitrogens is 2. The second kappa shape index (κ2) is 8.97. The van der Waals surface area contributed by atoms with Crippen LogP contribution in [0.1, 0.15) is 36.2 Å². The van der Waals surface area contributed by atoms with Crippen LogP contribution in [0.15, 0.2) is 57.8 Å². The highest BCUT2D eigenvalue weighted by molar-refractivity contribution is 7.89. The zero-order valence-corrected chi connectivity index (χ0v) is 18.3. The Morgan fingerprint density at radius 3 is 2.44 bits per heavy atom. The minimum absolute atomic E-state index is 0.104. The zero-order valence-electron chi connectivity index (χ0n) is 17.5. The van der Waals surface area contributed by atoms with Crippen LogP contribution in [0.25, 0.3) is 0 Å². The Kier molecular flexibility index (Phi) is 6.10. The quantitative estimate of drug-likeness (QED) is 0.573. The summed E-state index contributed by atoms with van der Waals surface area (Å²) < 4.78 is 43.4. The van der Waals surface area contributed by atoms with E-state index in [1.807, 2.05) is 12.1 Å². The van der Waals surface area contributed by atoms with E-state index in [0.717, 1.165) is 0 Å². The minimum atomic E-state index is -3.60. The Hall–Kier alpha value is -3.44. The van der Waals surface area contributed by atoms with Crippen molar-refractivity contribution in [3.63, 3.8) is 0 Å². The lowest BCUT2D eigenvalue weighted by Gasteiger charge is -2.23. The monoisotopic (exact) mass is 458 g/mol. The molecule has 10 nitrogen and oxygen atoms in total. The Bertz CT molecular complexity index is 1210. The van der Waals surface area contributed by atoms with E-state index in [1.165, 1.54) is 28.6 Å². The Morgan fingerprint density at radius 2 is 1.75 bits per heavy atom. The van der Waals surface area contributed by atoms with Crippen LogP contribution in [0, 0.1) is 0 Å². The van der Waals surface area contributed by atoms with Crippen molar-refractivity contribution in [2.24, 2.45) is 0 Å². The first-order valence-corrected chi connectivity index (χ1v) is 11.5. The van der Waals surface area contributed by atoms with Crippen LogP contribution in [0.5, 0.6) is 11.5 Å². The van der Waals surface area contributed by atoms with Crippen molar-refractivity contribution in [1.29, 1.82) is 0 Å². The average Bonchev–Trinajstić information content (AvgIpc) is 3.28. The van der Waals surface area contributed by atoms with Gasteiger partial charge in [0.1, 0.15) is 6.61 Å². The normalized spacial score (nSPS) is 15.5. The van der Waals surface area contributed by atoms with Gasteiger partial charge in [-0.2, -0.15) is 4.31 Å². The van der Waals surface area contributed by atoms with Crippen molar-refractivity contribution in [2.45, 2.75) is 24.8 Å². The van der Waals surface area contributed by atoms with E-state index in [0.29, 0.717) is 24.6 Å². The van der Waals surface area contributed by atoms with Crippen LogP contribution >= 0.6 is 0 Å². The smallest absolute Gasteiger partial charge is 0.322 e. The van der Waals surface area contributed by atoms with Crippen LogP contribution in [0.3, 0.4) is 0 Å². The highest BCUT2D eigenvalue weighted by Gasteiger charge is 2.28. The number of fused-ring (bicyclic) bond motifs is 1. The first-order chi connectivity index (χ1) is 15.4. The zero-order chi connectivity index (χ0) is 22.7. The molecule has 0 aliphatic carbocycles. The number of carbonyl (C=O) groups is 1. The lowest BCUT2D eigenvalue weighted by Crippen LogP contribution is -2.30. The predicted octanol–water partition coefficient (Wildman–Crippen LogP) is 2.86. The molecule has 1 atom stereocenters. The Morgan fingerprint density at radius 1 is 1.06 bits per heavy atom. The summed E-state index contributed by atoms with van der Waals surface area (Å²) in [6.45, 7) is 4.45. The maximum absolute atomic E-state index is 12.6. The fraction of sp³-hybridized carbons (Fsp3) is 0.286. The fourth-order valence-electron chi connectivity index (χ4n) is 3.22. The third-order valence-corrected chi connectivity index (χ3v) is 6.97. The van der Waals surface area contributed by atoms with Gasteiger partial charge in [-0.15, -0.1) is 5.10 Å². The van der Waals surface area contributed by atoms with Crippen LogP contribution in [0.2, 0.25) is 0 Å². The van der Waals surface area contributed by atoms with E-state index in [1.54, 1.807) is 26.0 Å². The van der Waals surface area contributed by atoms with Gasteiger partial charge < -0.3 is 13.9 Å². The second-order valence-electron chi connectivity index (χ2n) is 6.88. The number of anilines is 1. The average molecular weight is 458 g/mol. The molecule has 4 rings (SSSR count). The number of nitrogens with one attached hydrogen (secondary N) is 1. The number of amides is 1. The molecule has 0 spiro atoms. The van der Waals surface area contributed by atoms with Gasteiger partial charge in [0.15, 0.2) is 11.5 Å². The first kappa shape index (κ1) is 21.8. The molecule has 0 radical (unpaired) electrons. The van der Waals surface area contributed by atoms with E-state index in [4.69, 9.17) is 13.9 Å². The summed E-state index contributed by atoms with van der Waals surface area (Å²) in [7, 11) is -3.60. The molecule has 1 aliphatic heterocycles. The Labute approximate surface area is 185 Å². The third kappa shape index (κ3) is 4.30. The van der Waals surface area contributed by atoms with Crippen molar-refractivity contribution in [3.05, 3.63) is 60.0 Å². The highest BCUT2D eigenvalue weighted by Crippen LogP contribution is 2.35. The third-order valence-electron chi connectivity index (χ3n) is 4.90. The van der Waals surface area contributed by atoms with Gasteiger partial charge in [-0.05, 0) is 36.4 Å². The van der Waals surface area contributed by atoms with Gasteiger partial charge >= 0.3 is 6.01 Å². The molecule has 168 valence electrons. The number of ether oxygens (including phenoxy) is 2. The van der Waals surface area contributed by atoms with Crippen molar-refractivity contribution >= 4 is 21.9 Å². The first-order valence-electron chi connectivity index (χ1n) is 10.1. The molecule has 2 heterocycles. The van der Waals surface area contributed by atoms with Gasteiger partial charge in [-0.25, -0.2) is 8.42 Å². The summed E-state index contributed by atoms with van der Waals surface area (Å²) in [6.07, 6.45) is -0.604. The van der Waals surface area contributed by atoms with E-state index in [9.17, 15) is 13.2 Å². The fourth-order valence-corrected chi connectivity index (χ4v) is 4.67. The number of nitrogens with zero attached hydrogens (tertiary/aromatic N) is 3. The summed E-state index contributed by atoms with van der Waals surface area (Å²) >= 11 is 0. The molecule has 1 N–H and O–H groups in total. The molecule has 2 aromatic carbocycles. The molecule has 3 aromatic rings. The predicted molar refractivity (Wildman–Crippen MR) is 114 cm³/mol. The van der Waals surface area contributed by atoms with Crippen LogP contribution in [-0.2, 0) is 10.0 Å². The van der Waals surface area contributed by atoms with Gasteiger partial charge in [0.2, 0.25) is 16.1 Å². The number of rotatable bonds is 7. The number of carbonyl (C=O) groups excluding carboxylic acids is 1. The molecule has 0 unspecified atom stereocenters. The number of hydrogen-bond donors (Lipinski definition) is 1. The summed E-state index contributed by atoms with van der Waals surface area (Å²) in [5.41, 5.74) is 0.245. The maximum Gasteiger partial charge on any atom is 0.322 e. The summed E-state index contributed by atoms with van der Waals surface area (Å²) in [4.78, 5) is 12.6. The summed E-state index contributed by atoms with van der Waals surface area (Å²) in [5, 5.41) is 10.3. The maximum atomic E-state index is 12.6. The molecule has 0 fully saturated rings. The molecule has 1 aliphatic rings. The van der Waals surface area contributed by atoms with Gasteiger partial charge in [0.25, 0.3) is 11.8 Å². The van der Waals surface area contributed by atoms with E-state index >= 15 is 0 Å². The SMILES string of the molecule is CCN(CC)S(=O)(=O)c1ccc(C(=O)Nc2nnc([C@H]3COc4ccccc4O3)o2)cc1. The van der Waals surface area contributed by atoms with E-state index in [-0.39, 0.29) is 29.0 Å². The molecule has 0 bridgehead atoms. The molecule has 11 heteroatoms. The van der Waals surface area contributed by atoms with Crippen LogP contribution in [0.4, 0.5) is 6.01 Å². The molecule has 0 saturated carbocycles. The number of para-hydroxylation sites is 2. The lowest BCUT2D eigenvalue weighted by atomic mass is 10.2. The Balaban J connectivity index is 1.42. The van der Waals surface area contributed by atoms with Gasteiger partial charge in [-0.3, -0.25) is 10.1 Å². The van der Waals surface area contributed by atoms with Crippen LogP contribution in [-0.4, -0.2) is 48.5 Å². The molecular weight excluding hydrogens is 436 g/mol. The summed E-state index contributed by atoms with van der Waals surface area (Å²) in [6, 6.07) is 12.8. The molecule has 1 amide bonds. The number of benzene rings is 2. The second-order valence-corrected chi connectivity index (χ2v) is 8.82. The highest BCUT2D eigenvalue weighted by atomic mass is 32.2. The minimum Gasteiger partial charge on any atom is -0.485 e. The molecule has 1 aromatic heterocycles. The molecule has 32 heavy (non-hydrogen) atoms. The van der Waals surface area contributed by atoms with Gasteiger partial charge in [0.05, 0.1) is 4.90 Å². The molecule has 0 saturated heterocycles. The van der Waals surface area contributed by atoms with Gasteiger partial charge in [-0.1, -0.05) is 31.1 Å². The number of hydrogen-bond acceptors (Lipinski definition) is 8. The largest absolute Gasteiger partial charge is 0.485 e. The van der Waals surface area contributed by atoms with Crippen molar-refractivity contribution in [1.82, 2.24) is 14.5 Å². The number of sulfonamides is 1.